The van der Waals surface area contributed by atoms with Crippen LogP contribution in [0.1, 0.15) is 32.6 Å². The fourth-order valence-corrected chi connectivity index (χ4v) is 1.55. The van der Waals surface area contributed by atoms with Crippen molar-refractivity contribution < 1.29 is 22.6 Å². The van der Waals surface area contributed by atoms with Gasteiger partial charge in [-0.3, -0.25) is 0 Å². The highest BCUT2D eigenvalue weighted by Gasteiger charge is 2.22. The van der Waals surface area contributed by atoms with E-state index >= 15 is 0 Å². The average Bonchev–Trinajstić information content (AvgIpc) is 2.42. The first kappa shape index (κ1) is 19.6. The molecule has 0 aromatic rings. The van der Waals surface area contributed by atoms with Gasteiger partial charge in [-0.15, -0.1) is 0 Å². The normalized spacial score (nSPS) is 13.8. The van der Waals surface area contributed by atoms with E-state index in [1.807, 2.05) is 6.92 Å². The molecule has 6 heteroatoms. The molecule has 0 unspecified atom stereocenters. The van der Waals surface area contributed by atoms with Crippen molar-refractivity contribution in [2.75, 3.05) is 20.3 Å². The van der Waals surface area contributed by atoms with Gasteiger partial charge in [0, 0.05) is 6.08 Å². The number of allylic oxidation sites excluding steroid dienone is 3. The first-order valence-electron chi connectivity index (χ1n) is 6.96. The molecular weight excluding hydrogens is 283 g/mol. The maximum absolute atomic E-state index is 12.3. The van der Waals surface area contributed by atoms with Gasteiger partial charge >= 0.3 is 6.18 Å². The molecule has 0 rings (SSSR count). The van der Waals surface area contributed by atoms with Crippen molar-refractivity contribution in [3.8, 4) is 0 Å². The summed E-state index contributed by atoms with van der Waals surface area (Å²) in [6.45, 7) is 2.73. The van der Waals surface area contributed by atoms with E-state index in [4.69, 9.17) is 15.2 Å². The van der Waals surface area contributed by atoms with Crippen molar-refractivity contribution in [3.63, 3.8) is 0 Å². The second-order valence-electron chi connectivity index (χ2n) is 4.40. The molecule has 0 radical (unpaired) electrons. The summed E-state index contributed by atoms with van der Waals surface area (Å²) in [5.74, 6) is 0.183. The van der Waals surface area contributed by atoms with Crippen LogP contribution in [-0.2, 0) is 9.47 Å². The number of alkyl halides is 3. The van der Waals surface area contributed by atoms with E-state index < -0.39 is 6.18 Å². The number of ether oxygens (including phenoxy) is 2. The molecule has 0 saturated heterocycles. The minimum Gasteiger partial charge on any atom is -0.504 e. The maximum Gasteiger partial charge on any atom is 0.409 e. The van der Waals surface area contributed by atoms with E-state index in [2.05, 4.69) is 0 Å². The zero-order chi connectivity index (χ0) is 16.1. The maximum atomic E-state index is 12.3. The standard InChI is InChI=1S/C15H24F3NO2/c1-3-4-5-11-21-14(6-9-15(16,17)18)13(7-10-19)8-12-20-2/h6,8-9,12H,3-5,7,10-11,19H2,1-2H3/b9-6+,12-8+,14-13+. The summed E-state index contributed by atoms with van der Waals surface area (Å²) in [5.41, 5.74) is 6.07. The van der Waals surface area contributed by atoms with Gasteiger partial charge in [-0.1, -0.05) is 19.8 Å². The summed E-state index contributed by atoms with van der Waals surface area (Å²) >= 11 is 0. The molecule has 0 aliphatic heterocycles. The fourth-order valence-electron chi connectivity index (χ4n) is 1.55. The molecule has 3 nitrogen and oxygen atoms in total. The lowest BCUT2D eigenvalue weighted by atomic mass is 10.1. The lowest BCUT2D eigenvalue weighted by Crippen LogP contribution is -2.06. The Kier molecular flexibility index (Phi) is 10.5. The highest BCUT2D eigenvalue weighted by molar-refractivity contribution is 5.29. The van der Waals surface area contributed by atoms with Gasteiger partial charge in [-0.05, 0) is 37.1 Å². The SMILES string of the molecule is CCCCCOC(/C=C/C(F)(F)F)=C(/C=C/OC)CCN. The van der Waals surface area contributed by atoms with Crippen LogP contribution in [0.4, 0.5) is 13.2 Å². The predicted octanol–water partition coefficient (Wildman–Crippen LogP) is 4.07. The van der Waals surface area contributed by atoms with Gasteiger partial charge in [-0.25, -0.2) is 0 Å². The largest absolute Gasteiger partial charge is 0.504 e. The number of nitrogens with two attached hydrogens (primary N) is 1. The minimum atomic E-state index is -4.38. The monoisotopic (exact) mass is 307 g/mol. The van der Waals surface area contributed by atoms with Crippen molar-refractivity contribution >= 4 is 0 Å². The molecular formula is C15H24F3NO2. The third kappa shape index (κ3) is 11.0. The lowest BCUT2D eigenvalue weighted by molar-refractivity contribution is -0.0800. The Morgan fingerprint density at radius 3 is 2.43 bits per heavy atom. The summed E-state index contributed by atoms with van der Waals surface area (Å²) in [5, 5.41) is 0. The molecule has 0 aliphatic carbocycles. The molecule has 0 aromatic carbocycles. The summed E-state index contributed by atoms with van der Waals surface area (Å²) in [6.07, 6.45) is 2.88. The molecule has 0 saturated carbocycles. The summed E-state index contributed by atoms with van der Waals surface area (Å²) in [7, 11) is 1.46. The molecule has 2 N–H and O–H groups in total. The van der Waals surface area contributed by atoms with Crippen LogP contribution in [0, 0.1) is 0 Å². The minimum absolute atomic E-state index is 0.166. The van der Waals surface area contributed by atoms with Crippen molar-refractivity contribution in [2.24, 2.45) is 5.73 Å². The van der Waals surface area contributed by atoms with Crippen molar-refractivity contribution in [1.29, 1.82) is 0 Å². The molecule has 0 atom stereocenters. The van der Waals surface area contributed by atoms with Gasteiger partial charge in [0.15, 0.2) is 0 Å². The van der Waals surface area contributed by atoms with Crippen LogP contribution < -0.4 is 5.73 Å². The molecule has 21 heavy (non-hydrogen) atoms. The Labute approximate surface area is 124 Å². The van der Waals surface area contributed by atoms with E-state index in [0.717, 1.165) is 25.3 Å². The Hall–Kier alpha value is -1.43. The van der Waals surface area contributed by atoms with Crippen LogP contribution in [0.2, 0.25) is 0 Å². The number of hydrogen-bond acceptors (Lipinski definition) is 3. The van der Waals surface area contributed by atoms with Crippen molar-refractivity contribution in [3.05, 3.63) is 35.8 Å². The molecule has 0 amide bonds. The topological polar surface area (TPSA) is 44.5 Å². The number of methoxy groups -OCH3 is 1. The summed E-state index contributed by atoms with van der Waals surface area (Å²) in [4.78, 5) is 0. The lowest BCUT2D eigenvalue weighted by Gasteiger charge is -2.12. The first-order chi connectivity index (χ1) is 9.94. The second kappa shape index (κ2) is 11.3. The van der Waals surface area contributed by atoms with Gasteiger partial charge in [-0.2, -0.15) is 13.2 Å². The first-order valence-corrected chi connectivity index (χ1v) is 6.96. The van der Waals surface area contributed by atoms with Crippen LogP contribution in [0.3, 0.4) is 0 Å². The molecule has 0 heterocycles. The van der Waals surface area contributed by atoms with Crippen molar-refractivity contribution in [1.82, 2.24) is 0 Å². The molecule has 0 bridgehead atoms. The number of unbranched alkanes of at least 4 members (excludes halogenated alkanes) is 2. The highest BCUT2D eigenvalue weighted by Crippen LogP contribution is 2.20. The van der Waals surface area contributed by atoms with E-state index in [1.54, 1.807) is 6.08 Å². The van der Waals surface area contributed by atoms with E-state index in [-0.39, 0.29) is 11.8 Å². The van der Waals surface area contributed by atoms with Crippen LogP contribution in [0.15, 0.2) is 35.8 Å². The second-order valence-corrected chi connectivity index (χ2v) is 4.40. The predicted molar refractivity (Wildman–Crippen MR) is 77.5 cm³/mol. The van der Waals surface area contributed by atoms with Gasteiger partial charge in [0.25, 0.3) is 0 Å². The number of halogens is 3. The Bertz CT molecular complexity index is 360. The van der Waals surface area contributed by atoms with Crippen LogP contribution in [-0.4, -0.2) is 26.4 Å². The zero-order valence-corrected chi connectivity index (χ0v) is 12.6. The molecule has 0 aliphatic rings. The quantitative estimate of drug-likeness (QED) is 0.376. The van der Waals surface area contributed by atoms with E-state index in [9.17, 15) is 13.2 Å². The average molecular weight is 307 g/mol. The summed E-state index contributed by atoms with van der Waals surface area (Å²) < 4.78 is 47.3. The van der Waals surface area contributed by atoms with Crippen LogP contribution >= 0.6 is 0 Å². The molecule has 0 aromatic heterocycles. The molecule has 0 fully saturated rings. The van der Waals surface area contributed by atoms with Gasteiger partial charge in [0.05, 0.1) is 20.0 Å². The summed E-state index contributed by atoms with van der Waals surface area (Å²) in [6, 6.07) is 0. The Morgan fingerprint density at radius 1 is 1.19 bits per heavy atom. The van der Waals surface area contributed by atoms with Crippen molar-refractivity contribution in [2.45, 2.75) is 38.8 Å². The number of hydrogen-bond donors (Lipinski definition) is 1. The third-order valence-corrected chi connectivity index (χ3v) is 2.56. The van der Waals surface area contributed by atoms with E-state index in [0.29, 0.717) is 25.1 Å². The Morgan fingerprint density at radius 2 is 1.90 bits per heavy atom. The molecule has 0 spiro atoms. The highest BCUT2D eigenvalue weighted by atomic mass is 19.4. The van der Waals surface area contributed by atoms with Crippen LogP contribution in [0.25, 0.3) is 0 Å². The smallest absolute Gasteiger partial charge is 0.409 e. The van der Waals surface area contributed by atoms with Crippen LogP contribution in [0.5, 0.6) is 0 Å². The van der Waals surface area contributed by atoms with Gasteiger partial charge in [0.2, 0.25) is 0 Å². The fraction of sp³-hybridized carbons (Fsp3) is 0.600. The van der Waals surface area contributed by atoms with Gasteiger partial charge < -0.3 is 15.2 Å². The van der Waals surface area contributed by atoms with E-state index in [1.165, 1.54) is 13.4 Å². The molecule has 122 valence electrons. The number of rotatable bonds is 10. The third-order valence-electron chi connectivity index (χ3n) is 2.56. The zero-order valence-electron chi connectivity index (χ0n) is 12.6. The van der Waals surface area contributed by atoms with Gasteiger partial charge in [0.1, 0.15) is 5.76 Å². The Balaban J connectivity index is 5.10.